The van der Waals surface area contributed by atoms with Gasteiger partial charge >= 0.3 is 0 Å². The van der Waals surface area contributed by atoms with E-state index in [2.05, 4.69) is 5.32 Å². The molecule has 0 amide bonds. The van der Waals surface area contributed by atoms with Crippen molar-refractivity contribution in [2.24, 2.45) is 0 Å². The van der Waals surface area contributed by atoms with E-state index >= 15 is 0 Å². The maximum Gasteiger partial charge on any atom is 0.299 e. The van der Waals surface area contributed by atoms with Crippen LogP contribution < -0.4 is 5.32 Å². The van der Waals surface area contributed by atoms with E-state index in [1.54, 1.807) is 30.3 Å². The third-order valence-corrected chi connectivity index (χ3v) is 3.65. The van der Waals surface area contributed by atoms with Crippen molar-refractivity contribution in [1.29, 1.82) is 5.26 Å². The number of benzene rings is 1. The summed E-state index contributed by atoms with van der Waals surface area (Å²) >= 11 is 0. The number of hydrogen-bond acceptors (Lipinski definition) is 6. The summed E-state index contributed by atoms with van der Waals surface area (Å²) in [5, 5.41) is 34.1. The molecule has 1 aromatic carbocycles. The predicted octanol–water partition coefficient (Wildman–Crippen LogP) is 1.43. The highest BCUT2D eigenvalue weighted by Crippen LogP contribution is 2.41. The maximum atomic E-state index is 11.5. The number of nitro groups is 1. The zero-order valence-electron chi connectivity index (χ0n) is 11.0. The van der Waals surface area contributed by atoms with Gasteiger partial charge in [-0.15, -0.1) is 0 Å². The fourth-order valence-electron chi connectivity index (χ4n) is 2.76. The monoisotopic (exact) mass is 284 g/mol. The molecule has 21 heavy (non-hydrogen) atoms. The largest absolute Gasteiger partial charge is 0.494 e. The fourth-order valence-corrected chi connectivity index (χ4v) is 2.76. The van der Waals surface area contributed by atoms with E-state index < -0.39 is 10.8 Å². The molecule has 0 radical (unpaired) electrons. The van der Waals surface area contributed by atoms with Crippen molar-refractivity contribution in [1.82, 2.24) is 10.2 Å². The van der Waals surface area contributed by atoms with Crippen LogP contribution in [0.4, 0.5) is 0 Å². The normalized spacial score (nSPS) is 20.9. The lowest BCUT2D eigenvalue weighted by atomic mass is 9.87. The topological polar surface area (TPSA) is 102 Å². The third-order valence-electron chi connectivity index (χ3n) is 3.65. The van der Waals surface area contributed by atoms with Crippen molar-refractivity contribution in [2.45, 2.75) is 5.92 Å². The van der Waals surface area contributed by atoms with Crippen LogP contribution in [0.25, 0.3) is 0 Å². The first-order valence-corrected chi connectivity index (χ1v) is 6.43. The second kappa shape index (κ2) is 4.83. The Hall–Kier alpha value is -3.01. The van der Waals surface area contributed by atoms with E-state index in [0.29, 0.717) is 18.7 Å². The van der Waals surface area contributed by atoms with E-state index in [1.165, 1.54) is 4.90 Å². The minimum Gasteiger partial charge on any atom is -0.494 e. The Morgan fingerprint density at radius 3 is 2.76 bits per heavy atom. The van der Waals surface area contributed by atoms with E-state index in [4.69, 9.17) is 0 Å². The molecule has 2 aliphatic rings. The van der Waals surface area contributed by atoms with Crippen LogP contribution in [-0.2, 0) is 0 Å². The van der Waals surface area contributed by atoms with Crippen molar-refractivity contribution in [3.63, 3.8) is 0 Å². The van der Waals surface area contributed by atoms with Crippen LogP contribution in [0, 0.1) is 21.4 Å². The molecular weight excluding hydrogens is 272 g/mol. The molecule has 2 N–H and O–H groups in total. The molecule has 1 saturated heterocycles. The second-order valence-electron chi connectivity index (χ2n) is 4.76. The number of rotatable bonds is 2. The molecule has 0 bridgehead atoms. The van der Waals surface area contributed by atoms with Gasteiger partial charge in [0, 0.05) is 13.1 Å². The average molecular weight is 284 g/mol. The number of fused-ring (bicyclic) bond motifs is 1. The lowest BCUT2D eigenvalue weighted by Crippen LogP contribution is -2.32. The Bertz CT molecular complexity index is 703. The van der Waals surface area contributed by atoms with Crippen molar-refractivity contribution < 1.29 is 10.0 Å². The first-order chi connectivity index (χ1) is 10.1. The zero-order valence-corrected chi connectivity index (χ0v) is 11.0. The van der Waals surface area contributed by atoms with Gasteiger partial charge in [0.15, 0.2) is 5.82 Å². The van der Waals surface area contributed by atoms with E-state index in [9.17, 15) is 20.5 Å². The van der Waals surface area contributed by atoms with Gasteiger partial charge < -0.3 is 10.4 Å². The average Bonchev–Trinajstić information content (AvgIpc) is 2.97. The van der Waals surface area contributed by atoms with E-state index in [1.807, 2.05) is 6.07 Å². The smallest absolute Gasteiger partial charge is 0.299 e. The van der Waals surface area contributed by atoms with E-state index in [-0.39, 0.29) is 23.0 Å². The molecule has 1 fully saturated rings. The van der Waals surface area contributed by atoms with Crippen LogP contribution in [0.2, 0.25) is 0 Å². The molecule has 7 nitrogen and oxygen atoms in total. The van der Waals surface area contributed by atoms with Gasteiger partial charge in [0.05, 0.1) is 4.92 Å². The second-order valence-corrected chi connectivity index (χ2v) is 4.76. The summed E-state index contributed by atoms with van der Waals surface area (Å²) in [5.74, 6) is -0.814. The van der Waals surface area contributed by atoms with Gasteiger partial charge in [0.2, 0.25) is 5.88 Å². The summed E-state index contributed by atoms with van der Waals surface area (Å²) in [6, 6.07) is 10.6. The fraction of sp³-hybridized carbons (Fsp3) is 0.214. The van der Waals surface area contributed by atoms with Crippen LogP contribution in [0.1, 0.15) is 11.5 Å². The summed E-state index contributed by atoms with van der Waals surface area (Å²) in [6.07, 6.45) is 0. The van der Waals surface area contributed by atoms with Crippen LogP contribution >= 0.6 is 0 Å². The summed E-state index contributed by atoms with van der Waals surface area (Å²) in [7, 11) is 0. The quantitative estimate of drug-likeness (QED) is 0.629. The van der Waals surface area contributed by atoms with Crippen LogP contribution in [0.3, 0.4) is 0 Å². The van der Waals surface area contributed by atoms with Crippen LogP contribution in [0.15, 0.2) is 53.3 Å². The summed E-state index contributed by atoms with van der Waals surface area (Å²) in [4.78, 5) is 12.4. The van der Waals surface area contributed by atoms with Crippen molar-refractivity contribution >= 4 is 0 Å². The molecule has 0 spiro atoms. The maximum absolute atomic E-state index is 11.5. The van der Waals surface area contributed by atoms with E-state index in [0.717, 1.165) is 0 Å². The standard InChI is InChI=1S/C14H12N4O3/c15-8-10-11(9-4-2-1-3-5-9)12(18(20)21)13-16-6-7-17(13)14(10)19/h1-5,11,16,19H,6-7H2. The van der Waals surface area contributed by atoms with Gasteiger partial charge in [0.1, 0.15) is 17.6 Å². The molecule has 3 rings (SSSR count). The Kier molecular flexibility index (Phi) is 2.99. The lowest BCUT2D eigenvalue weighted by Gasteiger charge is -2.27. The van der Waals surface area contributed by atoms with Gasteiger partial charge in [-0.05, 0) is 5.56 Å². The number of nitrogens with one attached hydrogen (secondary N) is 1. The molecule has 1 aromatic rings. The van der Waals surface area contributed by atoms with Gasteiger partial charge in [-0.1, -0.05) is 30.3 Å². The molecule has 0 aromatic heterocycles. The molecule has 0 saturated carbocycles. The summed E-state index contributed by atoms with van der Waals surface area (Å²) in [6.45, 7) is 0.877. The molecule has 1 unspecified atom stereocenters. The van der Waals surface area contributed by atoms with Crippen LogP contribution in [0.5, 0.6) is 0 Å². The molecule has 106 valence electrons. The Labute approximate surface area is 120 Å². The van der Waals surface area contributed by atoms with Crippen molar-refractivity contribution in [3.05, 3.63) is 69.0 Å². The highest BCUT2D eigenvalue weighted by molar-refractivity contribution is 5.48. The minimum atomic E-state index is -0.872. The first-order valence-electron chi connectivity index (χ1n) is 6.43. The molecule has 7 heteroatoms. The molecule has 2 heterocycles. The SMILES string of the molecule is N#CC1=C(O)N2CCNC2=C([N+](=O)[O-])C1c1ccccc1. The number of allylic oxidation sites excluding steroid dienone is 1. The van der Waals surface area contributed by atoms with Gasteiger partial charge in [-0.2, -0.15) is 5.26 Å². The highest BCUT2D eigenvalue weighted by Gasteiger charge is 2.45. The molecule has 0 aliphatic carbocycles. The number of nitriles is 1. The predicted molar refractivity (Wildman–Crippen MR) is 73.2 cm³/mol. The number of nitrogens with zero attached hydrogens (tertiary/aromatic N) is 3. The Morgan fingerprint density at radius 1 is 1.43 bits per heavy atom. The Balaban J connectivity index is 2.25. The van der Waals surface area contributed by atoms with Gasteiger partial charge in [-0.3, -0.25) is 15.0 Å². The highest BCUT2D eigenvalue weighted by atomic mass is 16.6. The molecular formula is C14H12N4O3. The van der Waals surface area contributed by atoms with Gasteiger partial charge in [0.25, 0.3) is 5.70 Å². The first kappa shape index (κ1) is 13.0. The Morgan fingerprint density at radius 2 is 2.14 bits per heavy atom. The molecule has 2 aliphatic heterocycles. The third kappa shape index (κ3) is 1.89. The number of aliphatic hydroxyl groups is 1. The number of hydrogen-bond donors (Lipinski definition) is 2. The van der Waals surface area contributed by atoms with Crippen LogP contribution in [-0.4, -0.2) is 28.0 Å². The molecule has 1 atom stereocenters. The van der Waals surface area contributed by atoms with Crippen molar-refractivity contribution in [2.75, 3.05) is 13.1 Å². The van der Waals surface area contributed by atoms with Gasteiger partial charge in [-0.25, -0.2) is 0 Å². The minimum absolute atomic E-state index is 0.000324. The zero-order chi connectivity index (χ0) is 15.0. The summed E-state index contributed by atoms with van der Waals surface area (Å²) in [5.41, 5.74) is 0.501. The lowest BCUT2D eigenvalue weighted by molar-refractivity contribution is -0.432. The summed E-state index contributed by atoms with van der Waals surface area (Å²) < 4.78 is 0. The van der Waals surface area contributed by atoms with Crippen molar-refractivity contribution in [3.8, 4) is 6.07 Å². The number of aliphatic hydroxyl groups excluding tert-OH is 1.